The molecule has 1 N–H and O–H groups in total. The van der Waals surface area contributed by atoms with Crippen LogP contribution in [-0.2, 0) is 9.53 Å². The van der Waals surface area contributed by atoms with E-state index in [2.05, 4.69) is 9.97 Å². The standard InChI is InChI=1S/C16H14N2O2/c19-11-20-9-14(12-4-2-1-3-5-12)13-6-7-15-16(8-13)18-10-17-15/h1-8,10-11,14H,9H2,(H,17,18). The van der Waals surface area contributed by atoms with Crippen LogP contribution in [0.15, 0.2) is 54.9 Å². The van der Waals surface area contributed by atoms with Crippen molar-refractivity contribution in [3.05, 3.63) is 66.0 Å². The number of aromatic amines is 1. The van der Waals surface area contributed by atoms with Crippen LogP contribution in [0.25, 0.3) is 11.0 Å². The third-order valence-corrected chi connectivity index (χ3v) is 3.38. The van der Waals surface area contributed by atoms with Crippen molar-refractivity contribution in [2.24, 2.45) is 0 Å². The first-order valence-electron chi connectivity index (χ1n) is 6.41. The van der Waals surface area contributed by atoms with Gasteiger partial charge >= 0.3 is 0 Å². The summed E-state index contributed by atoms with van der Waals surface area (Å²) in [7, 11) is 0. The number of nitrogens with one attached hydrogen (secondary N) is 1. The Morgan fingerprint density at radius 2 is 2.00 bits per heavy atom. The molecule has 2 aromatic carbocycles. The van der Waals surface area contributed by atoms with Crippen molar-refractivity contribution in [3.63, 3.8) is 0 Å². The summed E-state index contributed by atoms with van der Waals surface area (Å²) in [6.45, 7) is 0.817. The van der Waals surface area contributed by atoms with E-state index in [1.165, 1.54) is 0 Å². The first kappa shape index (κ1) is 12.4. The van der Waals surface area contributed by atoms with Crippen LogP contribution in [0.5, 0.6) is 0 Å². The molecule has 100 valence electrons. The van der Waals surface area contributed by atoms with E-state index < -0.39 is 0 Å². The average Bonchev–Trinajstić information content (AvgIpc) is 2.96. The molecule has 1 unspecified atom stereocenters. The largest absolute Gasteiger partial charge is 0.467 e. The minimum absolute atomic E-state index is 0.0223. The van der Waals surface area contributed by atoms with Crippen molar-refractivity contribution in [1.29, 1.82) is 0 Å². The third-order valence-electron chi connectivity index (χ3n) is 3.38. The van der Waals surface area contributed by atoms with E-state index in [0.717, 1.165) is 22.2 Å². The Bertz CT molecular complexity index is 707. The van der Waals surface area contributed by atoms with Gasteiger partial charge in [0.15, 0.2) is 0 Å². The van der Waals surface area contributed by atoms with E-state index in [1.807, 2.05) is 48.5 Å². The van der Waals surface area contributed by atoms with E-state index in [0.29, 0.717) is 13.1 Å². The second kappa shape index (κ2) is 5.57. The molecule has 0 radical (unpaired) electrons. The van der Waals surface area contributed by atoms with E-state index in [4.69, 9.17) is 4.74 Å². The van der Waals surface area contributed by atoms with E-state index in [-0.39, 0.29) is 5.92 Å². The summed E-state index contributed by atoms with van der Waals surface area (Å²) >= 11 is 0. The van der Waals surface area contributed by atoms with Crippen LogP contribution >= 0.6 is 0 Å². The Morgan fingerprint density at radius 3 is 2.80 bits per heavy atom. The fourth-order valence-electron chi connectivity index (χ4n) is 2.38. The van der Waals surface area contributed by atoms with Crippen molar-refractivity contribution in [2.75, 3.05) is 6.61 Å². The highest BCUT2D eigenvalue weighted by atomic mass is 16.5. The van der Waals surface area contributed by atoms with Gasteiger partial charge in [0.25, 0.3) is 6.47 Å². The number of carbonyl (C=O) groups is 1. The molecule has 1 heterocycles. The second-order valence-corrected chi connectivity index (χ2v) is 4.57. The van der Waals surface area contributed by atoms with Gasteiger partial charge in [-0.05, 0) is 23.3 Å². The van der Waals surface area contributed by atoms with E-state index >= 15 is 0 Å². The number of benzene rings is 2. The van der Waals surface area contributed by atoms with Crippen LogP contribution in [-0.4, -0.2) is 23.0 Å². The van der Waals surface area contributed by atoms with Gasteiger partial charge < -0.3 is 9.72 Å². The van der Waals surface area contributed by atoms with Gasteiger partial charge in [0.1, 0.15) is 6.61 Å². The Hall–Kier alpha value is -2.62. The number of ether oxygens (including phenoxy) is 1. The van der Waals surface area contributed by atoms with Crippen molar-refractivity contribution < 1.29 is 9.53 Å². The molecule has 0 aliphatic carbocycles. The molecule has 0 bridgehead atoms. The number of carbonyl (C=O) groups excluding carboxylic acids is 1. The summed E-state index contributed by atoms with van der Waals surface area (Å²) in [5.74, 6) is 0.0223. The fraction of sp³-hybridized carbons (Fsp3) is 0.125. The molecular weight excluding hydrogens is 252 g/mol. The summed E-state index contributed by atoms with van der Waals surface area (Å²) in [6.07, 6.45) is 1.67. The van der Waals surface area contributed by atoms with Gasteiger partial charge in [0.05, 0.1) is 17.4 Å². The van der Waals surface area contributed by atoms with Crippen molar-refractivity contribution >= 4 is 17.5 Å². The van der Waals surface area contributed by atoms with Crippen molar-refractivity contribution in [3.8, 4) is 0 Å². The summed E-state index contributed by atoms with van der Waals surface area (Å²) in [5.41, 5.74) is 4.12. The molecule has 0 saturated carbocycles. The number of aromatic nitrogens is 2. The van der Waals surface area contributed by atoms with Gasteiger partial charge in [0, 0.05) is 5.92 Å². The first-order valence-corrected chi connectivity index (χ1v) is 6.41. The lowest BCUT2D eigenvalue weighted by atomic mass is 9.92. The highest BCUT2D eigenvalue weighted by Crippen LogP contribution is 2.26. The number of rotatable bonds is 5. The second-order valence-electron chi connectivity index (χ2n) is 4.57. The number of fused-ring (bicyclic) bond motifs is 1. The van der Waals surface area contributed by atoms with Gasteiger partial charge in [-0.2, -0.15) is 0 Å². The number of H-pyrrole nitrogens is 1. The van der Waals surface area contributed by atoms with Crippen LogP contribution in [0.3, 0.4) is 0 Å². The smallest absolute Gasteiger partial charge is 0.293 e. The molecule has 1 atom stereocenters. The molecule has 0 spiro atoms. The minimum atomic E-state index is 0.0223. The molecule has 0 aliphatic rings. The lowest BCUT2D eigenvalue weighted by Crippen LogP contribution is -2.09. The lowest BCUT2D eigenvalue weighted by molar-refractivity contribution is -0.128. The van der Waals surface area contributed by atoms with Gasteiger partial charge in [-0.15, -0.1) is 0 Å². The zero-order valence-corrected chi connectivity index (χ0v) is 10.8. The van der Waals surface area contributed by atoms with Crippen LogP contribution in [0.4, 0.5) is 0 Å². The number of hydrogen-bond donors (Lipinski definition) is 1. The average molecular weight is 266 g/mol. The van der Waals surface area contributed by atoms with Gasteiger partial charge in [-0.25, -0.2) is 4.98 Å². The molecule has 4 nitrogen and oxygen atoms in total. The predicted octanol–water partition coefficient (Wildman–Crippen LogP) is 2.87. The zero-order valence-electron chi connectivity index (χ0n) is 10.8. The van der Waals surface area contributed by atoms with Crippen molar-refractivity contribution in [2.45, 2.75) is 5.92 Å². The minimum Gasteiger partial charge on any atom is -0.467 e. The maximum absolute atomic E-state index is 10.5. The fourth-order valence-corrected chi connectivity index (χ4v) is 2.38. The maximum Gasteiger partial charge on any atom is 0.293 e. The Kier molecular flexibility index (Phi) is 3.46. The molecule has 1 aromatic heterocycles. The predicted molar refractivity (Wildman–Crippen MR) is 76.4 cm³/mol. The quantitative estimate of drug-likeness (QED) is 0.722. The molecule has 3 rings (SSSR count). The van der Waals surface area contributed by atoms with E-state index in [1.54, 1.807) is 6.33 Å². The Balaban J connectivity index is 2.01. The lowest BCUT2D eigenvalue weighted by Gasteiger charge is -2.16. The molecule has 0 saturated heterocycles. The van der Waals surface area contributed by atoms with Crippen LogP contribution in [0.2, 0.25) is 0 Å². The number of nitrogens with zero attached hydrogens (tertiary/aromatic N) is 1. The molecule has 4 heteroatoms. The first-order chi connectivity index (χ1) is 9.88. The summed E-state index contributed by atoms with van der Waals surface area (Å²) in [5, 5.41) is 0. The number of imidazole rings is 1. The molecular formula is C16H14N2O2. The van der Waals surface area contributed by atoms with Crippen LogP contribution in [0, 0.1) is 0 Å². The maximum atomic E-state index is 10.5. The van der Waals surface area contributed by atoms with Gasteiger partial charge in [0.2, 0.25) is 0 Å². The highest BCUT2D eigenvalue weighted by molar-refractivity contribution is 5.75. The Morgan fingerprint density at radius 1 is 1.15 bits per heavy atom. The highest BCUT2D eigenvalue weighted by Gasteiger charge is 2.15. The molecule has 0 aliphatic heterocycles. The monoisotopic (exact) mass is 266 g/mol. The summed E-state index contributed by atoms with van der Waals surface area (Å²) in [6, 6.07) is 16.1. The molecule has 3 aromatic rings. The Labute approximate surface area is 116 Å². The van der Waals surface area contributed by atoms with E-state index in [9.17, 15) is 4.79 Å². The third kappa shape index (κ3) is 2.40. The van der Waals surface area contributed by atoms with Gasteiger partial charge in [-0.1, -0.05) is 36.4 Å². The summed E-state index contributed by atoms with van der Waals surface area (Å²) < 4.78 is 4.99. The zero-order chi connectivity index (χ0) is 13.8. The normalized spacial score (nSPS) is 12.2. The topological polar surface area (TPSA) is 55.0 Å². The van der Waals surface area contributed by atoms with Crippen LogP contribution < -0.4 is 0 Å². The van der Waals surface area contributed by atoms with Crippen molar-refractivity contribution in [1.82, 2.24) is 9.97 Å². The SMILES string of the molecule is O=COCC(c1ccccc1)c1ccc2nc[nH]c2c1. The molecule has 0 fully saturated rings. The number of hydrogen-bond acceptors (Lipinski definition) is 3. The van der Waals surface area contributed by atoms with Crippen LogP contribution in [0.1, 0.15) is 17.0 Å². The molecule has 0 amide bonds. The van der Waals surface area contributed by atoms with Gasteiger partial charge in [-0.3, -0.25) is 4.79 Å². The molecule has 20 heavy (non-hydrogen) atoms. The summed E-state index contributed by atoms with van der Waals surface area (Å²) in [4.78, 5) is 17.8.